The Balaban J connectivity index is 1.41. The average Bonchev–Trinajstić information content (AvgIpc) is 3.19. The molecule has 1 saturated heterocycles. The van der Waals surface area contributed by atoms with E-state index in [1.165, 1.54) is 35.4 Å². The Morgan fingerprint density at radius 3 is 2.70 bits per heavy atom. The van der Waals surface area contributed by atoms with Crippen LogP contribution in [0.4, 0.5) is 18.7 Å². The molecule has 8 nitrogen and oxygen atoms in total. The number of aliphatic hydroxyl groups is 3. The molecule has 0 bridgehead atoms. The number of piperidine rings is 1. The maximum atomic E-state index is 15.7. The number of rotatable bonds is 5. The fourth-order valence-electron chi connectivity index (χ4n) is 3.69. The number of halogens is 3. The topological polar surface area (TPSA) is 119 Å². The summed E-state index contributed by atoms with van der Waals surface area (Å²) in [7, 11) is 0. The highest BCUT2D eigenvalue weighted by atomic mass is 35.5. The number of anilines is 1. The quantitative estimate of drug-likeness (QED) is 0.428. The minimum absolute atomic E-state index is 0.00753. The molecule has 1 aliphatic rings. The molecule has 4 rings (SSSR count). The molecule has 0 saturated carbocycles. The number of benzene rings is 1. The number of nitrogens with zero attached hydrogens (tertiary/aromatic N) is 3. The molecule has 0 aliphatic carbocycles. The molecular weight excluding hydrogens is 478 g/mol. The summed E-state index contributed by atoms with van der Waals surface area (Å²) >= 11 is 7.36. The molecule has 3 aromatic rings. The molecule has 0 unspecified atom stereocenters. The summed E-state index contributed by atoms with van der Waals surface area (Å²) in [5.41, 5.74) is -1.16. The van der Waals surface area contributed by atoms with Gasteiger partial charge in [-0.05, 0) is 24.3 Å². The van der Waals surface area contributed by atoms with Crippen LogP contribution in [0.15, 0.2) is 30.5 Å². The fourth-order valence-corrected chi connectivity index (χ4v) is 4.91. The number of likely N-dealkylation sites (tertiary alicyclic amines) is 1. The number of aliphatic hydroxyl groups excluding tert-OH is 3. The van der Waals surface area contributed by atoms with E-state index in [9.17, 15) is 19.4 Å². The van der Waals surface area contributed by atoms with E-state index in [4.69, 9.17) is 16.7 Å². The molecule has 33 heavy (non-hydrogen) atoms. The van der Waals surface area contributed by atoms with E-state index >= 15 is 4.39 Å². The van der Waals surface area contributed by atoms with E-state index in [1.807, 2.05) is 0 Å². The Morgan fingerprint density at radius 2 is 2.03 bits per heavy atom. The normalized spacial score (nSPS) is 17.7. The van der Waals surface area contributed by atoms with Crippen LogP contribution in [-0.4, -0.2) is 62.0 Å². The number of thiazole rings is 1. The highest BCUT2D eigenvalue weighted by molar-refractivity contribution is 7.22. The number of pyridine rings is 1. The zero-order valence-corrected chi connectivity index (χ0v) is 18.8. The molecule has 2 atom stereocenters. The molecule has 4 N–H and O–H groups in total. The van der Waals surface area contributed by atoms with E-state index in [0.29, 0.717) is 15.3 Å². The van der Waals surface area contributed by atoms with Crippen molar-refractivity contribution >= 4 is 44.3 Å². The highest BCUT2D eigenvalue weighted by Gasteiger charge is 2.40. The summed E-state index contributed by atoms with van der Waals surface area (Å²) in [6.07, 6.45) is -1.70. The van der Waals surface area contributed by atoms with Crippen molar-refractivity contribution in [3.05, 3.63) is 52.6 Å². The van der Waals surface area contributed by atoms with E-state index in [1.54, 1.807) is 0 Å². The lowest BCUT2D eigenvalue weighted by molar-refractivity contribution is -0.0155. The van der Waals surface area contributed by atoms with Crippen molar-refractivity contribution in [1.82, 2.24) is 14.9 Å². The third-order valence-electron chi connectivity index (χ3n) is 5.59. The lowest BCUT2D eigenvalue weighted by Gasteiger charge is -2.36. The van der Waals surface area contributed by atoms with Gasteiger partial charge in [-0.1, -0.05) is 22.9 Å². The number of nitrogens with one attached hydrogen (secondary N) is 1. The molecule has 2 aromatic heterocycles. The van der Waals surface area contributed by atoms with Crippen LogP contribution in [0.25, 0.3) is 10.2 Å². The largest absolute Gasteiger partial charge is 0.394 e. The third kappa shape index (κ3) is 4.92. The molecule has 1 aliphatic heterocycles. The van der Waals surface area contributed by atoms with Crippen molar-refractivity contribution in [2.45, 2.75) is 30.7 Å². The Kier molecular flexibility index (Phi) is 6.78. The van der Waals surface area contributed by atoms with Crippen molar-refractivity contribution in [3.8, 4) is 0 Å². The summed E-state index contributed by atoms with van der Waals surface area (Å²) in [5, 5.41) is 31.5. The van der Waals surface area contributed by atoms with Crippen LogP contribution in [0.5, 0.6) is 0 Å². The first-order valence-corrected chi connectivity index (χ1v) is 11.3. The zero-order chi connectivity index (χ0) is 23.8. The highest BCUT2D eigenvalue weighted by Crippen LogP contribution is 2.40. The Bertz CT molecular complexity index is 1170. The van der Waals surface area contributed by atoms with Gasteiger partial charge in [-0.3, -0.25) is 10.3 Å². The van der Waals surface area contributed by atoms with Crippen molar-refractivity contribution in [2.75, 3.05) is 25.0 Å². The second-order valence-electron chi connectivity index (χ2n) is 7.81. The first kappa shape index (κ1) is 23.7. The Hall–Kier alpha value is -2.44. The molecule has 0 radical (unpaired) electrons. The van der Waals surface area contributed by atoms with E-state index < -0.39 is 36.3 Å². The van der Waals surface area contributed by atoms with Gasteiger partial charge < -0.3 is 20.2 Å². The maximum absolute atomic E-state index is 15.7. The number of hydrogen-bond acceptors (Lipinski definition) is 7. The first-order chi connectivity index (χ1) is 15.7. The number of hydrogen-bond donors (Lipinski definition) is 4. The molecule has 0 spiro atoms. The second kappa shape index (κ2) is 9.43. The third-order valence-corrected chi connectivity index (χ3v) is 6.81. The van der Waals surface area contributed by atoms with Gasteiger partial charge in [0, 0.05) is 37.7 Å². The summed E-state index contributed by atoms with van der Waals surface area (Å²) in [5.74, 6) is -0.390. The molecule has 12 heteroatoms. The van der Waals surface area contributed by atoms with Crippen LogP contribution in [0.2, 0.25) is 5.02 Å². The van der Waals surface area contributed by atoms with Gasteiger partial charge >= 0.3 is 6.03 Å². The van der Waals surface area contributed by atoms with E-state index in [-0.39, 0.29) is 42.2 Å². The van der Waals surface area contributed by atoms with Crippen LogP contribution >= 0.6 is 22.9 Å². The van der Waals surface area contributed by atoms with Crippen LogP contribution < -0.4 is 5.32 Å². The van der Waals surface area contributed by atoms with Crippen molar-refractivity contribution in [2.24, 2.45) is 0 Å². The minimum atomic E-state index is -1.87. The monoisotopic (exact) mass is 498 g/mol. The standard InChI is InChI=1S/C21H21ClF2N4O4S/c22-13-7-11(17(31)15(30)10-29)9-25-18(13)21(24)3-5-28(6-4-21)20(32)27-19-26-14-2-1-12(23)8-16(14)33-19/h1-2,7-9,15,17,29-31H,3-6,10H2,(H,26,27,32)/t15-,17+/m1/s1. The number of carbonyl (C=O) groups excluding carboxylic acids is 1. The summed E-state index contributed by atoms with van der Waals surface area (Å²) < 4.78 is 29.6. The zero-order valence-electron chi connectivity index (χ0n) is 17.2. The molecule has 1 aromatic carbocycles. The van der Waals surface area contributed by atoms with Gasteiger partial charge in [-0.15, -0.1) is 0 Å². The van der Waals surface area contributed by atoms with Gasteiger partial charge in [-0.2, -0.15) is 0 Å². The lowest BCUT2D eigenvalue weighted by Crippen LogP contribution is -2.45. The lowest BCUT2D eigenvalue weighted by atomic mass is 9.89. The number of alkyl halides is 1. The summed E-state index contributed by atoms with van der Waals surface area (Å²) in [6, 6.07) is 5.03. The molecule has 176 valence electrons. The van der Waals surface area contributed by atoms with Crippen LogP contribution in [0.3, 0.4) is 0 Å². The predicted molar refractivity (Wildman–Crippen MR) is 119 cm³/mol. The Labute approximate surface area is 196 Å². The maximum Gasteiger partial charge on any atom is 0.323 e. The minimum Gasteiger partial charge on any atom is -0.394 e. The van der Waals surface area contributed by atoms with Crippen molar-refractivity contribution < 1.29 is 28.9 Å². The van der Waals surface area contributed by atoms with Crippen molar-refractivity contribution in [3.63, 3.8) is 0 Å². The van der Waals surface area contributed by atoms with Gasteiger partial charge in [0.15, 0.2) is 10.8 Å². The van der Waals surface area contributed by atoms with Crippen LogP contribution in [0, 0.1) is 5.82 Å². The summed E-state index contributed by atoms with van der Waals surface area (Å²) in [6.45, 7) is -0.444. The first-order valence-electron chi connectivity index (χ1n) is 10.1. The summed E-state index contributed by atoms with van der Waals surface area (Å²) in [4.78, 5) is 22.4. The van der Waals surface area contributed by atoms with Gasteiger partial charge in [0.1, 0.15) is 18.0 Å². The molecule has 2 amide bonds. The second-order valence-corrected chi connectivity index (χ2v) is 9.25. The van der Waals surface area contributed by atoms with Crippen LogP contribution in [0.1, 0.15) is 30.2 Å². The number of amides is 2. The van der Waals surface area contributed by atoms with Gasteiger partial charge in [0.2, 0.25) is 0 Å². The van der Waals surface area contributed by atoms with Gasteiger partial charge in [0.05, 0.1) is 27.5 Å². The average molecular weight is 499 g/mol. The van der Waals surface area contributed by atoms with E-state index in [0.717, 1.165) is 11.3 Å². The fraction of sp³-hybridized carbons (Fsp3) is 0.381. The molecular formula is C21H21ClF2N4O4S. The van der Waals surface area contributed by atoms with Crippen LogP contribution in [-0.2, 0) is 5.67 Å². The van der Waals surface area contributed by atoms with E-state index in [2.05, 4.69) is 15.3 Å². The van der Waals surface area contributed by atoms with Crippen molar-refractivity contribution in [1.29, 1.82) is 0 Å². The smallest absolute Gasteiger partial charge is 0.323 e. The Morgan fingerprint density at radius 1 is 1.30 bits per heavy atom. The number of fused-ring (bicyclic) bond motifs is 1. The van der Waals surface area contributed by atoms with Gasteiger partial charge in [0.25, 0.3) is 0 Å². The molecule has 3 heterocycles. The number of aromatic nitrogens is 2. The number of urea groups is 1. The molecule has 1 fully saturated rings. The predicted octanol–water partition coefficient (Wildman–Crippen LogP) is 3.36. The van der Waals surface area contributed by atoms with Gasteiger partial charge in [-0.25, -0.2) is 18.6 Å². The number of carbonyl (C=O) groups is 1. The SMILES string of the molecule is O=C(Nc1nc2ccc(F)cc2s1)N1CCC(F)(c2ncc([C@H](O)[C@H](O)CO)cc2Cl)CC1.